The van der Waals surface area contributed by atoms with Crippen molar-refractivity contribution in [3.63, 3.8) is 0 Å². The molecule has 0 bridgehead atoms. The van der Waals surface area contributed by atoms with Crippen LogP contribution in [0.15, 0.2) is 52.2 Å². The standard InChI is InChI=1S/C22H26N4O4/c1-29-16-9-7-15(8-10-16)17-13-19(20-6-4-12-30-20)26(24-17)21(27)14-25-11-3-2-5-18(25)22(23)28/h4,6-10,12,18-19H,2-3,5,11,13-14H2,1H3,(H2,23,28)/t18-,19-/m1/s1. The Morgan fingerprint density at radius 2 is 2.03 bits per heavy atom. The lowest BCUT2D eigenvalue weighted by atomic mass is 10.0. The van der Waals surface area contributed by atoms with Gasteiger partial charge in [0.1, 0.15) is 17.6 Å². The first-order valence-corrected chi connectivity index (χ1v) is 10.2. The third-order valence-electron chi connectivity index (χ3n) is 5.74. The average Bonchev–Trinajstić information content (AvgIpc) is 3.44. The molecule has 2 N–H and O–H groups in total. The minimum absolute atomic E-state index is 0.101. The monoisotopic (exact) mass is 410 g/mol. The van der Waals surface area contributed by atoms with Gasteiger partial charge in [-0.2, -0.15) is 5.10 Å². The van der Waals surface area contributed by atoms with Crippen LogP contribution in [0.1, 0.15) is 43.0 Å². The first kappa shape index (κ1) is 20.2. The number of rotatable bonds is 6. The third-order valence-corrected chi connectivity index (χ3v) is 5.74. The Kier molecular flexibility index (Phi) is 5.85. The van der Waals surface area contributed by atoms with E-state index in [1.54, 1.807) is 19.4 Å². The average molecular weight is 410 g/mol. The number of hydrogen-bond acceptors (Lipinski definition) is 6. The van der Waals surface area contributed by atoms with E-state index >= 15 is 0 Å². The van der Waals surface area contributed by atoms with Gasteiger partial charge in [-0.1, -0.05) is 6.42 Å². The molecule has 0 unspecified atom stereocenters. The van der Waals surface area contributed by atoms with E-state index in [-0.39, 0.29) is 24.4 Å². The van der Waals surface area contributed by atoms with Crippen LogP contribution < -0.4 is 10.5 Å². The third kappa shape index (κ3) is 4.09. The zero-order chi connectivity index (χ0) is 21.1. The number of furan rings is 1. The highest BCUT2D eigenvalue weighted by Gasteiger charge is 2.37. The Labute approximate surface area is 175 Å². The highest BCUT2D eigenvalue weighted by Crippen LogP contribution is 2.33. The van der Waals surface area contributed by atoms with Gasteiger partial charge >= 0.3 is 0 Å². The SMILES string of the molecule is COc1ccc(C2=NN(C(=O)CN3CCCC[C@@H]3C(N)=O)[C@@H](c3ccco3)C2)cc1. The minimum Gasteiger partial charge on any atom is -0.497 e. The number of benzene rings is 1. The molecule has 0 spiro atoms. The topological polar surface area (TPSA) is 101 Å². The normalized spacial score (nSPS) is 22.0. The van der Waals surface area contributed by atoms with Crippen LogP contribution >= 0.6 is 0 Å². The van der Waals surface area contributed by atoms with Crippen LogP contribution in [0.2, 0.25) is 0 Å². The molecule has 8 heteroatoms. The second-order valence-electron chi connectivity index (χ2n) is 7.63. The molecular formula is C22H26N4O4. The van der Waals surface area contributed by atoms with Crippen LogP contribution in [0.5, 0.6) is 5.75 Å². The van der Waals surface area contributed by atoms with Crippen LogP contribution in [0, 0.1) is 0 Å². The highest BCUT2D eigenvalue weighted by atomic mass is 16.5. The van der Waals surface area contributed by atoms with E-state index in [2.05, 4.69) is 5.10 Å². The molecule has 2 aliphatic heterocycles. The Bertz CT molecular complexity index is 923. The Hall–Kier alpha value is -3.13. The van der Waals surface area contributed by atoms with E-state index in [0.717, 1.165) is 29.9 Å². The van der Waals surface area contributed by atoms with Crippen LogP contribution in [0.4, 0.5) is 0 Å². The number of hydrazone groups is 1. The molecule has 4 rings (SSSR count). The van der Waals surface area contributed by atoms with Crippen molar-refractivity contribution in [1.82, 2.24) is 9.91 Å². The predicted octanol–water partition coefficient (Wildman–Crippen LogP) is 2.31. The lowest BCUT2D eigenvalue weighted by Gasteiger charge is -2.34. The molecule has 0 radical (unpaired) electrons. The van der Waals surface area contributed by atoms with Crippen molar-refractivity contribution in [3.8, 4) is 5.75 Å². The maximum absolute atomic E-state index is 13.2. The van der Waals surface area contributed by atoms with Gasteiger partial charge in [-0.15, -0.1) is 0 Å². The molecule has 2 aliphatic rings. The van der Waals surface area contributed by atoms with Gasteiger partial charge in [-0.3, -0.25) is 14.5 Å². The zero-order valence-electron chi connectivity index (χ0n) is 17.0. The summed E-state index contributed by atoms with van der Waals surface area (Å²) in [4.78, 5) is 26.9. The van der Waals surface area contributed by atoms with Crippen molar-refractivity contribution < 1.29 is 18.7 Å². The van der Waals surface area contributed by atoms with Gasteiger partial charge in [0.25, 0.3) is 5.91 Å². The maximum Gasteiger partial charge on any atom is 0.257 e. The van der Waals surface area contributed by atoms with Gasteiger partial charge in [-0.25, -0.2) is 5.01 Å². The minimum atomic E-state index is -0.405. The maximum atomic E-state index is 13.2. The molecular weight excluding hydrogens is 384 g/mol. The van der Waals surface area contributed by atoms with Gasteiger partial charge in [0.15, 0.2) is 0 Å². The highest BCUT2D eigenvalue weighted by molar-refractivity contribution is 6.03. The number of carbonyl (C=O) groups is 2. The number of methoxy groups -OCH3 is 1. The molecule has 8 nitrogen and oxygen atoms in total. The van der Waals surface area contributed by atoms with Crippen LogP contribution in [0.25, 0.3) is 0 Å². The van der Waals surface area contributed by atoms with E-state index < -0.39 is 6.04 Å². The second kappa shape index (κ2) is 8.71. The second-order valence-corrected chi connectivity index (χ2v) is 7.63. The first-order chi connectivity index (χ1) is 14.6. The van der Waals surface area contributed by atoms with E-state index in [1.165, 1.54) is 5.01 Å². The molecule has 30 heavy (non-hydrogen) atoms. The fourth-order valence-electron chi connectivity index (χ4n) is 4.15. The van der Waals surface area contributed by atoms with E-state index in [9.17, 15) is 9.59 Å². The summed E-state index contributed by atoms with van der Waals surface area (Å²) in [6.45, 7) is 0.776. The molecule has 158 valence electrons. The Morgan fingerprint density at radius 1 is 1.23 bits per heavy atom. The Morgan fingerprint density at radius 3 is 2.70 bits per heavy atom. The molecule has 0 aliphatic carbocycles. The van der Waals surface area contributed by atoms with Crippen molar-refractivity contribution in [2.24, 2.45) is 10.8 Å². The lowest BCUT2D eigenvalue weighted by Crippen LogP contribution is -2.51. The summed E-state index contributed by atoms with van der Waals surface area (Å²) in [5, 5.41) is 6.13. The molecule has 1 fully saturated rings. The number of ether oxygens (including phenoxy) is 1. The molecule has 2 atom stereocenters. The van der Waals surface area contributed by atoms with Gasteiger partial charge in [-0.05, 0) is 61.3 Å². The zero-order valence-corrected chi connectivity index (χ0v) is 17.0. The summed E-state index contributed by atoms with van der Waals surface area (Å²) < 4.78 is 10.8. The van der Waals surface area contributed by atoms with E-state index in [0.29, 0.717) is 25.1 Å². The number of piperidine rings is 1. The van der Waals surface area contributed by atoms with E-state index in [4.69, 9.17) is 14.9 Å². The summed E-state index contributed by atoms with van der Waals surface area (Å²) in [5.41, 5.74) is 7.28. The molecule has 1 saturated heterocycles. The van der Waals surface area contributed by atoms with Crippen molar-refractivity contribution in [2.45, 2.75) is 37.8 Å². The number of nitrogens with two attached hydrogens (primary N) is 1. The predicted molar refractivity (Wildman–Crippen MR) is 111 cm³/mol. The van der Waals surface area contributed by atoms with Crippen molar-refractivity contribution in [2.75, 3.05) is 20.2 Å². The largest absolute Gasteiger partial charge is 0.497 e. The first-order valence-electron chi connectivity index (χ1n) is 10.2. The summed E-state index contributed by atoms with van der Waals surface area (Å²) in [7, 11) is 1.62. The molecule has 1 aromatic heterocycles. The fourth-order valence-corrected chi connectivity index (χ4v) is 4.15. The number of primary amides is 1. The summed E-state index contributed by atoms with van der Waals surface area (Å²) >= 11 is 0. The van der Waals surface area contributed by atoms with Crippen molar-refractivity contribution in [1.29, 1.82) is 0 Å². The molecule has 2 amide bonds. The quantitative estimate of drug-likeness (QED) is 0.787. The van der Waals surface area contributed by atoms with Crippen LogP contribution in [0.3, 0.4) is 0 Å². The smallest absolute Gasteiger partial charge is 0.257 e. The van der Waals surface area contributed by atoms with Gasteiger partial charge in [0.05, 0.1) is 31.7 Å². The number of likely N-dealkylation sites (tertiary alicyclic amines) is 1. The summed E-state index contributed by atoms with van der Waals surface area (Å²) in [6, 6.07) is 10.5. The van der Waals surface area contributed by atoms with Crippen molar-refractivity contribution in [3.05, 3.63) is 54.0 Å². The van der Waals surface area contributed by atoms with Crippen LogP contribution in [-0.2, 0) is 9.59 Å². The number of nitrogens with zero attached hydrogens (tertiary/aromatic N) is 3. The Balaban J connectivity index is 1.57. The van der Waals surface area contributed by atoms with E-state index in [1.807, 2.05) is 35.2 Å². The molecule has 2 aromatic rings. The van der Waals surface area contributed by atoms with Crippen molar-refractivity contribution >= 4 is 17.5 Å². The fraction of sp³-hybridized carbons (Fsp3) is 0.409. The van der Waals surface area contributed by atoms with Gasteiger partial charge < -0.3 is 14.9 Å². The van der Waals surface area contributed by atoms with Gasteiger partial charge in [0, 0.05) is 6.42 Å². The lowest BCUT2D eigenvalue weighted by molar-refractivity contribution is -0.137. The molecule has 0 saturated carbocycles. The summed E-state index contributed by atoms with van der Waals surface area (Å²) in [6.07, 6.45) is 4.71. The molecule has 3 heterocycles. The number of amides is 2. The van der Waals surface area contributed by atoms with Gasteiger partial charge in [0.2, 0.25) is 5.91 Å². The number of hydrogen-bond donors (Lipinski definition) is 1. The number of carbonyl (C=O) groups excluding carboxylic acids is 2. The summed E-state index contributed by atoms with van der Waals surface area (Å²) in [5.74, 6) is 0.887. The molecule has 1 aromatic carbocycles. The van der Waals surface area contributed by atoms with Crippen LogP contribution in [-0.4, -0.2) is 53.7 Å².